The Morgan fingerprint density at radius 2 is 1.48 bits per heavy atom. The van der Waals surface area contributed by atoms with Gasteiger partial charge in [0.15, 0.2) is 0 Å². The average molecular weight is 539 g/mol. The Hall–Kier alpha value is -4.88. The SMILES string of the molecule is CCc1nc2ccc(-c3ccc(-c4ccc5ccc6cccnc6c5n4)cc3)c3c2n1-c1ccccc1S3(=O)=O. The topological polar surface area (TPSA) is 77.7 Å². The smallest absolute Gasteiger partial charge is 0.211 e. The molecule has 1 aliphatic rings. The lowest BCUT2D eigenvalue weighted by atomic mass is 10.0. The number of aromatic nitrogens is 4. The summed E-state index contributed by atoms with van der Waals surface area (Å²) in [6.07, 6.45) is 2.48. The van der Waals surface area contributed by atoms with E-state index >= 15 is 0 Å². The average Bonchev–Trinajstić information content (AvgIpc) is 3.38. The van der Waals surface area contributed by atoms with Crippen molar-refractivity contribution in [3.8, 4) is 28.1 Å². The van der Waals surface area contributed by atoms with Gasteiger partial charge in [0.2, 0.25) is 9.84 Å². The summed E-state index contributed by atoms with van der Waals surface area (Å²) in [6.45, 7) is 2.04. The Kier molecular flexibility index (Phi) is 4.79. The molecule has 7 heteroatoms. The Balaban J connectivity index is 1.30. The van der Waals surface area contributed by atoms with Crippen molar-refractivity contribution in [1.82, 2.24) is 19.5 Å². The minimum Gasteiger partial charge on any atom is -0.294 e. The molecule has 0 unspecified atom stereocenters. The van der Waals surface area contributed by atoms with E-state index in [-0.39, 0.29) is 0 Å². The summed E-state index contributed by atoms with van der Waals surface area (Å²) in [5, 5.41) is 2.08. The molecule has 0 saturated heterocycles. The first-order chi connectivity index (χ1) is 19.5. The molecule has 0 radical (unpaired) electrons. The fourth-order valence-corrected chi connectivity index (χ4v) is 7.70. The minimum atomic E-state index is -3.77. The molecular weight excluding hydrogens is 516 g/mol. The number of benzene rings is 4. The van der Waals surface area contributed by atoms with Crippen LogP contribution in [0.15, 0.2) is 113 Å². The second-order valence-electron chi connectivity index (χ2n) is 9.98. The van der Waals surface area contributed by atoms with Crippen LogP contribution < -0.4 is 0 Å². The molecule has 0 bridgehead atoms. The van der Waals surface area contributed by atoms with E-state index in [0.717, 1.165) is 44.5 Å². The Morgan fingerprint density at radius 3 is 2.30 bits per heavy atom. The molecule has 7 aromatic rings. The van der Waals surface area contributed by atoms with Gasteiger partial charge in [-0.15, -0.1) is 0 Å². The lowest BCUT2D eigenvalue weighted by Gasteiger charge is -2.22. The van der Waals surface area contributed by atoms with Gasteiger partial charge in [-0.05, 0) is 35.9 Å². The number of hydrogen-bond donors (Lipinski definition) is 0. The Labute approximate surface area is 230 Å². The highest BCUT2D eigenvalue weighted by atomic mass is 32.2. The molecule has 6 nitrogen and oxygen atoms in total. The summed E-state index contributed by atoms with van der Waals surface area (Å²) >= 11 is 0. The molecule has 192 valence electrons. The first kappa shape index (κ1) is 23.0. The first-order valence-corrected chi connectivity index (χ1v) is 14.7. The zero-order chi connectivity index (χ0) is 27.0. The van der Waals surface area contributed by atoms with Gasteiger partial charge < -0.3 is 0 Å². The molecule has 1 aliphatic heterocycles. The third-order valence-electron chi connectivity index (χ3n) is 7.75. The summed E-state index contributed by atoms with van der Waals surface area (Å²) < 4.78 is 30.1. The van der Waals surface area contributed by atoms with Crippen molar-refractivity contribution in [2.24, 2.45) is 0 Å². The molecule has 0 spiro atoms. The molecule has 4 heterocycles. The lowest BCUT2D eigenvalue weighted by Crippen LogP contribution is -2.16. The van der Waals surface area contributed by atoms with Gasteiger partial charge in [-0.2, -0.15) is 0 Å². The van der Waals surface area contributed by atoms with E-state index in [1.165, 1.54) is 0 Å². The number of nitrogens with zero attached hydrogens (tertiary/aromatic N) is 4. The molecular formula is C33H22N4O2S. The molecule has 0 aliphatic carbocycles. The lowest BCUT2D eigenvalue weighted by molar-refractivity contribution is 0.594. The van der Waals surface area contributed by atoms with Crippen LogP contribution in [0, 0.1) is 0 Å². The van der Waals surface area contributed by atoms with E-state index in [2.05, 4.69) is 23.2 Å². The van der Waals surface area contributed by atoms with Gasteiger partial charge in [-0.1, -0.05) is 73.7 Å². The molecule has 0 fully saturated rings. The number of hydrogen-bond acceptors (Lipinski definition) is 5. The maximum Gasteiger partial charge on any atom is 0.211 e. The fourth-order valence-electron chi connectivity index (χ4n) is 5.87. The van der Waals surface area contributed by atoms with Crippen LogP contribution in [-0.2, 0) is 16.3 Å². The zero-order valence-electron chi connectivity index (χ0n) is 21.5. The number of rotatable bonds is 3. The first-order valence-electron chi connectivity index (χ1n) is 13.2. The summed E-state index contributed by atoms with van der Waals surface area (Å²) in [7, 11) is -3.77. The highest BCUT2D eigenvalue weighted by Crippen LogP contribution is 2.44. The molecule has 0 saturated carbocycles. The maximum absolute atomic E-state index is 14.0. The predicted molar refractivity (Wildman–Crippen MR) is 157 cm³/mol. The van der Waals surface area contributed by atoms with Crippen LogP contribution in [0.25, 0.3) is 60.9 Å². The van der Waals surface area contributed by atoms with Crippen molar-refractivity contribution < 1.29 is 8.42 Å². The van der Waals surface area contributed by atoms with Gasteiger partial charge in [0.05, 0.1) is 38.3 Å². The van der Waals surface area contributed by atoms with Crippen molar-refractivity contribution >= 4 is 42.7 Å². The third-order valence-corrected chi connectivity index (χ3v) is 9.62. The van der Waals surface area contributed by atoms with Crippen LogP contribution in [0.3, 0.4) is 0 Å². The van der Waals surface area contributed by atoms with Crippen LogP contribution in [0.5, 0.6) is 0 Å². The summed E-state index contributed by atoms with van der Waals surface area (Å²) in [4.78, 5) is 14.9. The standard InChI is InChI=1S/C33H22N4O2S/c1-2-29-35-26-18-16-24(33-32(26)37(29)27-7-3-4-8-28(27)40(33,38)39)20-9-11-21(12-10-20)25-17-15-23-14-13-22-6-5-19-34-30(22)31(23)36-25/h3-19H,2H2,1H3. The quantitative estimate of drug-likeness (QED) is 0.223. The molecule has 8 rings (SSSR count). The number of fused-ring (bicyclic) bond motifs is 5. The van der Waals surface area contributed by atoms with E-state index < -0.39 is 9.84 Å². The van der Waals surface area contributed by atoms with Gasteiger partial charge in [0.1, 0.15) is 10.7 Å². The van der Waals surface area contributed by atoms with E-state index in [4.69, 9.17) is 9.97 Å². The molecule has 0 atom stereocenters. The molecule has 0 N–H and O–H groups in total. The fraction of sp³-hybridized carbons (Fsp3) is 0.0606. The maximum atomic E-state index is 14.0. The number of imidazole rings is 1. The van der Waals surface area contributed by atoms with Crippen LogP contribution in [0.1, 0.15) is 12.7 Å². The van der Waals surface area contributed by atoms with Gasteiger partial charge in [-0.3, -0.25) is 9.55 Å². The normalized spacial score (nSPS) is 13.6. The zero-order valence-corrected chi connectivity index (χ0v) is 22.4. The Morgan fingerprint density at radius 1 is 0.725 bits per heavy atom. The van der Waals surface area contributed by atoms with Crippen molar-refractivity contribution in [3.63, 3.8) is 0 Å². The molecule has 0 amide bonds. The number of pyridine rings is 2. The van der Waals surface area contributed by atoms with Crippen LogP contribution in [0.4, 0.5) is 0 Å². The van der Waals surface area contributed by atoms with Crippen molar-refractivity contribution in [1.29, 1.82) is 0 Å². The largest absolute Gasteiger partial charge is 0.294 e. The van der Waals surface area contributed by atoms with Gasteiger partial charge in [0.25, 0.3) is 0 Å². The van der Waals surface area contributed by atoms with E-state index in [9.17, 15) is 8.42 Å². The van der Waals surface area contributed by atoms with Gasteiger partial charge in [0, 0.05) is 34.5 Å². The monoisotopic (exact) mass is 538 g/mol. The number of aryl methyl sites for hydroxylation is 1. The van der Waals surface area contributed by atoms with Crippen LogP contribution in [0.2, 0.25) is 0 Å². The summed E-state index contributed by atoms with van der Waals surface area (Å²) in [6, 6.07) is 31.1. The summed E-state index contributed by atoms with van der Waals surface area (Å²) in [5.74, 6) is 0.843. The van der Waals surface area contributed by atoms with Crippen LogP contribution >= 0.6 is 0 Å². The van der Waals surface area contributed by atoms with Gasteiger partial charge >= 0.3 is 0 Å². The van der Waals surface area contributed by atoms with E-state index in [0.29, 0.717) is 38.5 Å². The Bertz CT molecular complexity index is 2270. The number of para-hydroxylation sites is 1. The van der Waals surface area contributed by atoms with Gasteiger partial charge in [-0.25, -0.2) is 18.4 Å². The van der Waals surface area contributed by atoms with E-state index in [1.54, 1.807) is 18.3 Å². The highest BCUT2D eigenvalue weighted by Gasteiger charge is 2.35. The second kappa shape index (κ2) is 8.31. The molecule has 40 heavy (non-hydrogen) atoms. The van der Waals surface area contributed by atoms with Crippen molar-refractivity contribution in [3.05, 3.63) is 109 Å². The van der Waals surface area contributed by atoms with Crippen molar-refractivity contribution in [2.45, 2.75) is 23.1 Å². The molecule has 4 aromatic carbocycles. The summed E-state index contributed by atoms with van der Waals surface area (Å²) in [5.41, 5.74) is 6.99. The third kappa shape index (κ3) is 3.15. The van der Waals surface area contributed by atoms with E-state index in [1.807, 2.05) is 78.2 Å². The minimum absolute atomic E-state index is 0.307. The van der Waals surface area contributed by atoms with Crippen molar-refractivity contribution in [2.75, 3.05) is 0 Å². The van der Waals surface area contributed by atoms with Crippen LogP contribution in [-0.4, -0.2) is 27.9 Å². The highest BCUT2D eigenvalue weighted by molar-refractivity contribution is 7.92. The predicted octanol–water partition coefficient (Wildman–Crippen LogP) is 7.16. The second-order valence-corrected chi connectivity index (χ2v) is 11.8. The number of sulfone groups is 1. The molecule has 3 aromatic heterocycles.